The van der Waals surface area contributed by atoms with Crippen LogP contribution < -0.4 is 19.7 Å². The van der Waals surface area contributed by atoms with Crippen molar-refractivity contribution in [3.05, 3.63) is 65.1 Å². The molecule has 0 spiro atoms. The Labute approximate surface area is 186 Å². The van der Waals surface area contributed by atoms with Gasteiger partial charge in [0.05, 0.1) is 37.6 Å². The Bertz CT molecular complexity index is 1040. The van der Waals surface area contributed by atoms with E-state index in [4.69, 9.17) is 26.4 Å². The third-order valence-corrected chi connectivity index (χ3v) is 5.16. The minimum Gasteiger partial charge on any atom is -0.493 e. The van der Waals surface area contributed by atoms with Crippen LogP contribution in [0.25, 0.3) is 0 Å². The first kappa shape index (κ1) is 22.6. The number of nitrogens with one attached hydrogen (secondary N) is 1. The minimum atomic E-state index is -0.647. The molecule has 2 aromatic carbocycles. The van der Waals surface area contributed by atoms with E-state index >= 15 is 0 Å². The van der Waals surface area contributed by atoms with Crippen LogP contribution >= 0.6 is 12.2 Å². The number of carbonyl (C=O) groups excluding carboxylic acids is 1. The molecule has 1 aliphatic heterocycles. The van der Waals surface area contributed by atoms with E-state index in [1.165, 1.54) is 12.1 Å². The first-order valence-corrected chi connectivity index (χ1v) is 10.2. The molecule has 0 amide bonds. The number of thiocarbonyl (C=S) groups is 1. The van der Waals surface area contributed by atoms with Gasteiger partial charge >= 0.3 is 5.97 Å². The summed E-state index contributed by atoms with van der Waals surface area (Å²) in [7, 11) is 3.10. The molecule has 31 heavy (non-hydrogen) atoms. The van der Waals surface area contributed by atoms with Gasteiger partial charge in [-0.1, -0.05) is 12.1 Å². The number of benzene rings is 2. The molecule has 2 aromatic rings. The second kappa shape index (κ2) is 9.34. The molecule has 0 bridgehead atoms. The Morgan fingerprint density at radius 3 is 2.45 bits per heavy atom. The Balaban J connectivity index is 2.15. The van der Waals surface area contributed by atoms with Crippen molar-refractivity contribution in [3.63, 3.8) is 0 Å². The van der Waals surface area contributed by atoms with E-state index in [0.717, 1.165) is 0 Å². The van der Waals surface area contributed by atoms with Crippen LogP contribution in [0.15, 0.2) is 53.7 Å². The van der Waals surface area contributed by atoms with Gasteiger partial charge in [-0.15, -0.1) is 0 Å². The van der Waals surface area contributed by atoms with Gasteiger partial charge in [0.15, 0.2) is 16.6 Å². The van der Waals surface area contributed by atoms with Gasteiger partial charge < -0.3 is 19.5 Å². The highest BCUT2D eigenvalue weighted by Gasteiger charge is 2.36. The molecular weight excluding hydrogens is 419 g/mol. The van der Waals surface area contributed by atoms with E-state index in [2.05, 4.69) is 5.32 Å². The van der Waals surface area contributed by atoms with Crippen LogP contribution in [0.5, 0.6) is 11.5 Å². The van der Waals surface area contributed by atoms with Crippen LogP contribution in [0.2, 0.25) is 0 Å². The lowest BCUT2D eigenvalue weighted by atomic mass is 9.94. The number of allylic oxidation sites excluding steroid dienone is 1. The lowest BCUT2D eigenvalue weighted by molar-refractivity contribution is -0.143. The monoisotopic (exact) mass is 444 g/mol. The first-order chi connectivity index (χ1) is 14.8. The summed E-state index contributed by atoms with van der Waals surface area (Å²) >= 11 is 5.63. The summed E-state index contributed by atoms with van der Waals surface area (Å²) in [5.74, 6) is 0.194. The average molecular weight is 445 g/mol. The summed E-state index contributed by atoms with van der Waals surface area (Å²) in [4.78, 5) is 14.8. The number of esters is 1. The third kappa shape index (κ3) is 4.64. The van der Waals surface area contributed by atoms with Gasteiger partial charge in [0.25, 0.3) is 0 Å². The average Bonchev–Trinajstić information content (AvgIpc) is 2.72. The van der Waals surface area contributed by atoms with Gasteiger partial charge in [0, 0.05) is 11.8 Å². The summed E-state index contributed by atoms with van der Waals surface area (Å²) in [5.41, 5.74) is 2.18. The fraction of sp³-hybridized carbons (Fsp3) is 0.304. The number of rotatable bonds is 6. The number of nitrogens with zero attached hydrogens (tertiary/aromatic N) is 1. The summed E-state index contributed by atoms with van der Waals surface area (Å²) in [6.45, 7) is 5.34. The van der Waals surface area contributed by atoms with E-state index in [-0.39, 0.29) is 6.10 Å². The zero-order valence-corrected chi connectivity index (χ0v) is 18.9. The normalized spacial score (nSPS) is 16.3. The van der Waals surface area contributed by atoms with E-state index in [0.29, 0.717) is 39.1 Å². The molecule has 0 unspecified atom stereocenters. The van der Waals surface area contributed by atoms with E-state index in [1.54, 1.807) is 64.2 Å². The summed E-state index contributed by atoms with van der Waals surface area (Å²) < 4.78 is 30.1. The van der Waals surface area contributed by atoms with Crippen molar-refractivity contribution in [1.29, 1.82) is 0 Å². The molecule has 1 atom stereocenters. The van der Waals surface area contributed by atoms with Gasteiger partial charge in [-0.2, -0.15) is 0 Å². The molecule has 0 aromatic heterocycles. The maximum atomic E-state index is 13.9. The molecule has 8 heteroatoms. The number of anilines is 1. The molecule has 1 aliphatic rings. The van der Waals surface area contributed by atoms with Crippen molar-refractivity contribution in [2.45, 2.75) is 32.9 Å². The number of carbonyl (C=O) groups is 1. The second-order valence-electron chi connectivity index (χ2n) is 7.27. The fourth-order valence-corrected chi connectivity index (χ4v) is 3.86. The van der Waals surface area contributed by atoms with E-state index < -0.39 is 17.8 Å². The lowest BCUT2D eigenvalue weighted by Crippen LogP contribution is -2.48. The molecule has 0 fully saturated rings. The van der Waals surface area contributed by atoms with Crippen molar-refractivity contribution in [2.75, 3.05) is 19.1 Å². The van der Waals surface area contributed by atoms with Gasteiger partial charge in [-0.3, -0.25) is 4.90 Å². The van der Waals surface area contributed by atoms with Crippen LogP contribution in [-0.2, 0) is 9.53 Å². The molecule has 164 valence electrons. The van der Waals surface area contributed by atoms with Gasteiger partial charge in [-0.05, 0) is 62.8 Å². The van der Waals surface area contributed by atoms with Crippen molar-refractivity contribution in [3.8, 4) is 11.5 Å². The standard InChI is InChI=1S/C23H25FN2O4S/c1-13(2)30-22(27)20-14(3)26(17-9-10-18(28-4)19(12-17)29-5)23(31)25-21(20)15-7-6-8-16(24)11-15/h6-13,21H,1-5H3,(H,25,31)/t21-/m0/s1. The van der Waals surface area contributed by atoms with Crippen LogP contribution in [0.1, 0.15) is 32.4 Å². The highest BCUT2D eigenvalue weighted by atomic mass is 32.1. The van der Waals surface area contributed by atoms with Crippen molar-refractivity contribution in [2.24, 2.45) is 0 Å². The highest BCUT2D eigenvalue weighted by Crippen LogP contribution is 2.38. The molecule has 0 saturated heterocycles. The molecule has 1 heterocycles. The smallest absolute Gasteiger partial charge is 0.338 e. The van der Waals surface area contributed by atoms with Crippen molar-refractivity contribution < 1.29 is 23.4 Å². The number of methoxy groups -OCH3 is 2. The maximum Gasteiger partial charge on any atom is 0.338 e. The summed E-state index contributed by atoms with van der Waals surface area (Å²) in [6.07, 6.45) is -0.315. The van der Waals surface area contributed by atoms with Crippen LogP contribution in [0.3, 0.4) is 0 Å². The van der Waals surface area contributed by atoms with Crippen molar-refractivity contribution >= 4 is 29.0 Å². The quantitative estimate of drug-likeness (QED) is 0.520. The van der Waals surface area contributed by atoms with Gasteiger partial charge in [-0.25, -0.2) is 9.18 Å². The second-order valence-corrected chi connectivity index (χ2v) is 7.65. The van der Waals surface area contributed by atoms with Crippen LogP contribution in [-0.4, -0.2) is 31.4 Å². The highest BCUT2D eigenvalue weighted by molar-refractivity contribution is 7.80. The fourth-order valence-electron chi connectivity index (χ4n) is 3.50. The Morgan fingerprint density at radius 1 is 1.13 bits per heavy atom. The van der Waals surface area contributed by atoms with Crippen molar-refractivity contribution in [1.82, 2.24) is 5.32 Å². The predicted molar refractivity (Wildman–Crippen MR) is 121 cm³/mol. The largest absolute Gasteiger partial charge is 0.493 e. The summed E-state index contributed by atoms with van der Waals surface area (Å²) in [6, 6.07) is 10.8. The lowest BCUT2D eigenvalue weighted by Gasteiger charge is -2.37. The molecule has 0 aliphatic carbocycles. The van der Waals surface area contributed by atoms with Gasteiger partial charge in [0.2, 0.25) is 0 Å². The minimum absolute atomic E-state index is 0.315. The predicted octanol–water partition coefficient (Wildman–Crippen LogP) is 4.50. The topological polar surface area (TPSA) is 60.0 Å². The third-order valence-electron chi connectivity index (χ3n) is 4.85. The molecule has 0 saturated carbocycles. The molecule has 1 N–H and O–H groups in total. The molecule has 6 nitrogen and oxygen atoms in total. The van der Waals surface area contributed by atoms with E-state index in [9.17, 15) is 9.18 Å². The Hall–Kier alpha value is -3.13. The van der Waals surface area contributed by atoms with Gasteiger partial charge in [0.1, 0.15) is 5.82 Å². The zero-order valence-electron chi connectivity index (χ0n) is 18.1. The number of hydrogen-bond acceptors (Lipinski definition) is 5. The number of hydrogen-bond donors (Lipinski definition) is 1. The molecular formula is C23H25FN2O4S. The molecule has 3 rings (SSSR count). The van der Waals surface area contributed by atoms with Crippen LogP contribution in [0, 0.1) is 5.82 Å². The maximum absolute atomic E-state index is 13.9. The number of halogens is 1. The first-order valence-electron chi connectivity index (χ1n) is 9.76. The Morgan fingerprint density at radius 2 is 1.84 bits per heavy atom. The van der Waals surface area contributed by atoms with Crippen LogP contribution in [0.4, 0.5) is 10.1 Å². The van der Waals surface area contributed by atoms with E-state index in [1.807, 2.05) is 6.07 Å². The zero-order chi connectivity index (χ0) is 22.7. The summed E-state index contributed by atoms with van der Waals surface area (Å²) in [5, 5.41) is 3.53. The Kier molecular flexibility index (Phi) is 6.80. The number of ether oxygens (including phenoxy) is 3. The molecule has 0 radical (unpaired) electrons. The SMILES string of the molecule is COc1ccc(N2C(=S)N[C@@H](c3cccc(F)c3)C(C(=O)OC(C)C)=C2C)cc1OC.